The third-order valence-electron chi connectivity index (χ3n) is 6.75. The lowest BCUT2D eigenvalue weighted by atomic mass is 9.74. The Hall–Kier alpha value is -2.93. The Bertz CT molecular complexity index is 902. The lowest BCUT2D eigenvalue weighted by Crippen LogP contribution is -2.55. The molecule has 4 rings (SSSR count). The number of rotatable bonds is 5. The maximum absolute atomic E-state index is 10.2. The second-order valence-corrected chi connectivity index (χ2v) is 8.48. The van der Waals surface area contributed by atoms with Crippen LogP contribution in [0.1, 0.15) is 18.4 Å². The number of ether oxygens (including phenoxy) is 2. The molecule has 0 spiro atoms. The summed E-state index contributed by atoms with van der Waals surface area (Å²) in [7, 11) is 3.55. The van der Waals surface area contributed by atoms with Gasteiger partial charge in [0.15, 0.2) is 5.96 Å². The van der Waals surface area contributed by atoms with Crippen molar-refractivity contribution in [1.82, 2.24) is 10.2 Å². The number of phenolic OH excluding ortho intramolecular Hbond substituents is 1. The fraction of sp³-hybridized carbons (Fsp3) is 0.480. The van der Waals surface area contributed by atoms with Crippen molar-refractivity contribution in [3.8, 4) is 11.5 Å². The number of nitrogens with zero attached hydrogens (tertiary/aromatic N) is 3. The van der Waals surface area contributed by atoms with Gasteiger partial charge in [-0.1, -0.05) is 24.3 Å². The summed E-state index contributed by atoms with van der Waals surface area (Å²) < 4.78 is 11.0. The van der Waals surface area contributed by atoms with Crippen LogP contribution in [0.5, 0.6) is 11.5 Å². The number of hydrogen-bond donors (Lipinski definition) is 2. The van der Waals surface area contributed by atoms with Crippen molar-refractivity contribution in [3.05, 3.63) is 54.1 Å². The molecule has 0 aliphatic carbocycles. The molecule has 2 N–H and O–H groups in total. The van der Waals surface area contributed by atoms with Crippen LogP contribution in [0, 0.1) is 0 Å². The Morgan fingerprint density at radius 3 is 2.38 bits per heavy atom. The molecule has 2 aromatic carbocycles. The number of methoxy groups -OCH3 is 1. The van der Waals surface area contributed by atoms with Gasteiger partial charge in [0.25, 0.3) is 0 Å². The van der Waals surface area contributed by atoms with E-state index >= 15 is 0 Å². The summed E-state index contributed by atoms with van der Waals surface area (Å²) in [4.78, 5) is 9.11. The van der Waals surface area contributed by atoms with Gasteiger partial charge in [-0.3, -0.25) is 4.99 Å². The zero-order valence-corrected chi connectivity index (χ0v) is 19.1. The monoisotopic (exact) mass is 438 g/mol. The second-order valence-electron chi connectivity index (χ2n) is 8.48. The molecular weight excluding hydrogens is 404 g/mol. The van der Waals surface area contributed by atoms with E-state index < -0.39 is 0 Å². The van der Waals surface area contributed by atoms with E-state index in [0.29, 0.717) is 5.75 Å². The Morgan fingerprint density at radius 2 is 1.75 bits per heavy atom. The molecule has 0 amide bonds. The zero-order valence-electron chi connectivity index (χ0n) is 19.1. The highest BCUT2D eigenvalue weighted by molar-refractivity contribution is 5.80. The van der Waals surface area contributed by atoms with Crippen LogP contribution >= 0.6 is 0 Å². The predicted octanol–water partition coefficient (Wildman–Crippen LogP) is 2.85. The van der Waals surface area contributed by atoms with Crippen molar-refractivity contribution in [2.75, 3.05) is 65.0 Å². The fourth-order valence-electron chi connectivity index (χ4n) is 4.75. The molecule has 7 heteroatoms. The summed E-state index contributed by atoms with van der Waals surface area (Å²) in [6.45, 7) is 5.75. The van der Waals surface area contributed by atoms with E-state index in [1.54, 1.807) is 13.2 Å². The quantitative estimate of drug-likeness (QED) is 0.553. The Morgan fingerprint density at radius 1 is 1.06 bits per heavy atom. The van der Waals surface area contributed by atoms with Crippen LogP contribution in [0.3, 0.4) is 0 Å². The number of nitrogens with one attached hydrogen (secondary N) is 1. The average Bonchev–Trinajstić information content (AvgIpc) is 2.86. The van der Waals surface area contributed by atoms with E-state index in [1.165, 1.54) is 5.56 Å². The fourth-order valence-corrected chi connectivity index (χ4v) is 4.75. The summed E-state index contributed by atoms with van der Waals surface area (Å²) >= 11 is 0. The predicted molar refractivity (Wildman–Crippen MR) is 128 cm³/mol. The number of hydrogen-bond acceptors (Lipinski definition) is 5. The van der Waals surface area contributed by atoms with Gasteiger partial charge >= 0.3 is 0 Å². The first-order valence-corrected chi connectivity index (χ1v) is 11.4. The molecule has 2 aliphatic rings. The highest BCUT2D eigenvalue weighted by Gasteiger charge is 2.35. The number of phenols is 1. The minimum Gasteiger partial charge on any atom is -0.506 e. The Kier molecular flexibility index (Phi) is 7.05. The summed E-state index contributed by atoms with van der Waals surface area (Å²) in [6, 6.07) is 16.0. The minimum absolute atomic E-state index is 0.0120. The molecule has 32 heavy (non-hydrogen) atoms. The molecule has 172 valence electrons. The van der Waals surface area contributed by atoms with Gasteiger partial charge in [0.05, 0.1) is 12.8 Å². The van der Waals surface area contributed by atoms with Crippen molar-refractivity contribution in [3.63, 3.8) is 0 Å². The first-order valence-electron chi connectivity index (χ1n) is 11.4. The van der Waals surface area contributed by atoms with E-state index in [9.17, 15) is 5.11 Å². The summed E-state index contributed by atoms with van der Waals surface area (Å²) in [5, 5.41) is 13.8. The molecule has 0 saturated carbocycles. The molecular formula is C25H34N4O3. The molecule has 0 bridgehead atoms. The van der Waals surface area contributed by atoms with Gasteiger partial charge in [-0.2, -0.15) is 0 Å². The van der Waals surface area contributed by atoms with Gasteiger partial charge in [0.2, 0.25) is 0 Å². The van der Waals surface area contributed by atoms with E-state index in [0.717, 1.165) is 76.2 Å². The molecule has 0 atom stereocenters. The average molecular weight is 439 g/mol. The van der Waals surface area contributed by atoms with Crippen LogP contribution in [0.4, 0.5) is 5.69 Å². The van der Waals surface area contributed by atoms with E-state index in [2.05, 4.69) is 32.2 Å². The number of piperazine rings is 1. The molecule has 0 aromatic heterocycles. The smallest absolute Gasteiger partial charge is 0.193 e. The summed E-state index contributed by atoms with van der Waals surface area (Å²) in [5.41, 5.74) is 2.22. The third-order valence-corrected chi connectivity index (χ3v) is 6.75. The first kappa shape index (κ1) is 22.3. The highest BCUT2D eigenvalue weighted by Crippen LogP contribution is 2.35. The van der Waals surface area contributed by atoms with E-state index in [1.807, 2.05) is 37.4 Å². The molecule has 7 nitrogen and oxygen atoms in total. The van der Waals surface area contributed by atoms with Gasteiger partial charge in [-0.05, 0) is 42.7 Å². The maximum Gasteiger partial charge on any atom is 0.193 e. The third kappa shape index (κ3) is 4.78. The van der Waals surface area contributed by atoms with E-state index in [4.69, 9.17) is 9.47 Å². The molecule has 0 radical (unpaired) electrons. The zero-order chi connectivity index (χ0) is 22.4. The van der Waals surface area contributed by atoms with Crippen molar-refractivity contribution in [1.29, 1.82) is 0 Å². The first-order chi connectivity index (χ1) is 15.6. The largest absolute Gasteiger partial charge is 0.506 e. The second kappa shape index (κ2) is 10.1. The molecule has 2 aliphatic heterocycles. The van der Waals surface area contributed by atoms with Crippen molar-refractivity contribution in [2.24, 2.45) is 4.99 Å². The van der Waals surface area contributed by atoms with E-state index in [-0.39, 0.29) is 5.41 Å². The van der Waals surface area contributed by atoms with Gasteiger partial charge < -0.3 is 29.7 Å². The van der Waals surface area contributed by atoms with Gasteiger partial charge in [0, 0.05) is 58.4 Å². The van der Waals surface area contributed by atoms with Crippen LogP contribution in [0.15, 0.2) is 53.5 Å². The van der Waals surface area contributed by atoms with Gasteiger partial charge in [0.1, 0.15) is 11.5 Å². The summed E-state index contributed by atoms with van der Waals surface area (Å²) in [5.74, 6) is 2.15. The Balaban J connectivity index is 1.41. The lowest BCUT2D eigenvalue weighted by Gasteiger charge is -2.41. The maximum atomic E-state index is 10.2. The number of anilines is 1. The molecule has 2 heterocycles. The standard InChI is InChI=1S/C25H34N4O3/c1-26-24(29-15-13-28(14-16-29)22-5-3-4-6-23(22)30)27-19-25(11-17-32-18-12-25)20-7-9-21(31-2)10-8-20/h3-10,30H,11-19H2,1-2H3,(H,26,27). The number of guanidine groups is 1. The number of aliphatic imine (C=N–C) groups is 1. The SMILES string of the molecule is CN=C(NCC1(c2ccc(OC)cc2)CCOCC1)N1CCN(c2ccccc2O)CC1. The number of para-hydroxylation sites is 2. The van der Waals surface area contributed by atoms with Crippen LogP contribution in [0.2, 0.25) is 0 Å². The molecule has 2 fully saturated rings. The highest BCUT2D eigenvalue weighted by atomic mass is 16.5. The van der Waals surface area contributed by atoms with Crippen molar-refractivity contribution in [2.45, 2.75) is 18.3 Å². The minimum atomic E-state index is 0.0120. The molecule has 2 saturated heterocycles. The van der Waals surface area contributed by atoms with Crippen LogP contribution in [0.25, 0.3) is 0 Å². The number of benzene rings is 2. The number of aromatic hydroxyl groups is 1. The topological polar surface area (TPSA) is 69.6 Å². The van der Waals surface area contributed by atoms with Crippen LogP contribution in [-0.4, -0.2) is 76.1 Å². The van der Waals surface area contributed by atoms with Crippen molar-refractivity contribution < 1.29 is 14.6 Å². The van der Waals surface area contributed by atoms with Gasteiger partial charge in [-0.25, -0.2) is 0 Å². The van der Waals surface area contributed by atoms with Crippen molar-refractivity contribution >= 4 is 11.6 Å². The lowest BCUT2D eigenvalue weighted by molar-refractivity contribution is 0.0511. The van der Waals surface area contributed by atoms with Crippen LogP contribution in [-0.2, 0) is 10.2 Å². The summed E-state index contributed by atoms with van der Waals surface area (Å²) in [6.07, 6.45) is 1.95. The van der Waals surface area contributed by atoms with Gasteiger partial charge in [-0.15, -0.1) is 0 Å². The molecule has 0 unspecified atom stereocenters. The molecule has 2 aromatic rings. The van der Waals surface area contributed by atoms with Crippen LogP contribution < -0.4 is 15.0 Å². The Labute approximate surface area is 190 Å². The normalized spacial score (nSPS) is 19.0.